The van der Waals surface area contributed by atoms with E-state index in [2.05, 4.69) is 69.2 Å². The van der Waals surface area contributed by atoms with Crippen LogP contribution in [-0.2, 0) is 17.6 Å². The molecule has 1 amide bonds. The molecular weight excluding hydrogens is 464 g/mol. The first-order valence-corrected chi connectivity index (χ1v) is 13.6. The van der Waals surface area contributed by atoms with Gasteiger partial charge in [-0.25, -0.2) is 0 Å². The number of hydrogen-bond acceptors (Lipinski definition) is 7. The van der Waals surface area contributed by atoms with Gasteiger partial charge in [-0.15, -0.1) is 21.5 Å². The van der Waals surface area contributed by atoms with Gasteiger partial charge in [0.05, 0.1) is 17.0 Å². The van der Waals surface area contributed by atoms with E-state index in [1.807, 2.05) is 0 Å². The average Bonchev–Trinajstić information content (AvgIpc) is 3.56. The van der Waals surface area contributed by atoms with Gasteiger partial charge >= 0.3 is 0 Å². The molecule has 3 aromatic rings. The maximum absolute atomic E-state index is 12.9. The summed E-state index contributed by atoms with van der Waals surface area (Å²) >= 11 is 2.93. The van der Waals surface area contributed by atoms with Crippen LogP contribution in [0.2, 0.25) is 0 Å². The average molecular weight is 493 g/mol. The highest BCUT2D eigenvalue weighted by atomic mass is 32.2. The Balaban J connectivity index is 1.34. The summed E-state index contributed by atoms with van der Waals surface area (Å²) in [6, 6.07) is 10.6. The van der Waals surface area contributed by atoms with Crippen molar-refractivity contribution < 1.29 is 4.79 Å². The van der Waals surface area contributed by atoms with Gasteiger partial charge < -0.3 is 10.2 Å². The fraction of sp³-hybridized carbons (Fsp3) is 0.440. The Bertz CT molecular complexity index is 1230. The number of thioether (sulfide) groups is 1. The highest BCUT2D eigenvalue weighted by Crippen LogP contribution is 2.39. The van der Waals surface area contributed by atoms with Crippen molar-refractivity contribution in [2.45, 2.75) is 51.1 Å². The van der Waals surface area contributed by atoms with E-state index in [4.69, 9.17) is 0 Å². The molecule has 0 spiro atoms. The summed E-state index contributed by atoms with van der Waals surface area (Å²) in [6.45, 7) is 6.24. The van der Waals surface area contributed by atoms with Gasteiger partial charge in [-0.05, 0) is 62.6 Å². The standard InChI is InChI=1S/C25H28N6OS2/c1-16-5-8-18(9-6-16)31-24(30-11-3-4-12-30)28-29-25(31)33-15-22(32)27-23-20(14-26)19-10-7-17(2)13-21(19)34-23/h5-6,8-9,17H,3-4,7,10-13,15H2,1-2H3,(H,27,32). The molecule has 1 atom stereocenters. The Labute approximate surface area is 208 Å². The van der Waals surface area contributed by atoms with Crippen molar-refractivity contribution in [1.29, 1.82) is 5.26 Å². The van der Waals surface area contributed by atoms with Gasteiger partial charge in [-0.3, -0.25) is 9.36 Å². The number of aryl methyl sites for hydroxylation is 1. The van der Waals surface area contributed by atoms with Gasteiger partial charge in [0.2, 0.25) is 11.9 Å². The molecule has 0 saturated carbocycles. The summed E-state index contributed by atoms with van der Waals surface area (Å²) in [5.41, 5.74) is 3.95. The largest absolute Gasteiger partial charge is 0.341 e. The van der Waals surface area contributed by atoms with Crippen LogP contribution in [0.5, 0.6) is 0 Å². The Morgan fingerprint density at radius 3 is 2.76 bits per heavy atom. The second-order valence-electron chi connectivity index (χ2n) is 9.15. The fourth-order valence-corrected chi connectivity index (χ4v) is 6.77. The van der Waals surface area contributed by atoms with Gasteiger partial charge in [-0.2, -0.15) is 5.26 Å². The molecule has 34 heavy (non-hydrogen) atoms. The minimum atomic E-state index is -0.130. The van der Waals surface area contributed by atoms with Crippen molar-refractivity contribution in [3.05, 3.63) is 45.8 Å². The van der Waals surface area contributed by atoms with Gasteiger partial charge in [-0.1, -0.05) is 36.4 Å². The Hall–Kier alpha value is -2.83. The molecule has 2 aromatic heterocycles. The predicted molar refractivity (Wildman–Crippen MR) is 137 cm³/mol. The maximum atomic E-state index is 12.9. The molecule has 0 bridgehead atoms. The molecule has 1 aliphatic carbocycles. The van der Waals surface area contributed by atoms with Crippen LogP contribution in [0.1, 0.15) is 47.8 Å². The third-order valence-corrected chi connectivity index (χ3v) is 8.60. The molecule has 1 N–H and O–H groups in total. The molecule has 1 unspecified atom stereocenters. The number of nitrogens with zero attached hydrogens (tertiary/aromatic N) is 5. The summed E-state index contributed by atoms with van der Waals surface area (Å²) in [5, 5.41) is 23.0. The number of aromatic nitrogens is 3. The van der Waals surface area contributed by atoms with Gasteiger partial charge in [0.1, 0.15) is 11.1 Å². The molecule has 176 valence electrons. The van der Waals surface area contributed by atoms with Crippen LogP contribution in [0.3, 0.4) is 0 Å². The number of hydrogen-bond donors (Lipinski definition) is 1. The number of amides is 1. The second kappa shape index (κ2) is 9.80. The monoisotopic (exact) mass is 492 g/mol. The van der Waals surface area contributed by atoms with Crippen molar-refractivity contribution in [2.75, 3.05) is 29.1 Å². The summed E-state index contributed by atoms with van der Waals surface area (Å²) in [4.78, 5) is 16.4. The van der Waals surface area contributed by atoms with Crippen LogP contribution < -0.4 is 10.2 Å². The van der Waals surface area contributed by atoms with E-state index < -0.39 is 0 Å². The SMILES string of the molecule is Cc1ccc(-n2c(SCC(=O)Nc3sc4c(c3C#N)CCC(C)C4)nnc2N2CCCC2)cc1. The molecule has 1 aromatic carbocycles. The number of rotatable bonds is 6. The van der Waals surface area contributed by atoms with Gasteiger partial charge in [0.25, 0.3) is 0 Å². The normalized spacial score (nSPS) is 17.4. The van der Waals surface area contributed by atoms with E-state index in [0.29, 0.717) is 21.6 Å². The quantitative estimate of drug-likeness (QED) is 0.489. The number of benzene rings is 1. The maximum Gasteiger partial charge on any atom is 0.235 e. The van der Waals surface area contributed by atoms with E-state index in [1.165, 1.54) is 22.2 Å². The van der Waals surface area contributed by atoms with Gasteiger partial charge in [0.15, 0.2) is 5.16 Å². The molecule has 1 fully saturated rings. The lowest BCUT2D eigenvalue weighted by Crippen LogP contribution is -2.22. The number of carbonyl (C=O) groups is 1. The number of nitriles is 1. The molecule has 0 radical (unpaired) electrons. The molecular formula is C25H28N6OS2. The third-order valence-electron chi connectivity index (χ3n) is 6.51. The zero-order valence-electron chi connectivity index (χ0n) is 19.5. The van der Waals surface area contributed by atoms with Crippen molar-refractivity contribution in [3.63, 3.8) is 0 Å². The molecule has 1 saturated heterocycles. The molecule has 5 rings (SSSR count). The van der Waals surface area contributed by atoms with E-state index in [-0.39, 0.29) is 11.7 Å². The topological polar surface area (TPSA) is 86.8 Å². The number of nitrogens with one attached hydrogen (secondary N) is 1. The highest BCUT2D eigenvalue weighted by molar-refractivity contribution is 7.99. The van der Waals surface area contributed by atoms with Crippen molar-refractivity contribution in [1.82, 2.24) is 14.8 Å². The van der Waals surface area contributed by atoms with E-state index >= 15 is 0 Å². The Kier molecular flexibility index (Phi) is 6.61. The Morgan fingerprint density at radius 1 is 1.26 bits per heavy atom. The molecule has 9 heteroatoms. The number of anilines is 2. The summed E-state index contributed by atoms with van der Waals surface area (Å²) in [7, 11) is 0. The number of thiophene rings is 1. The molecule has 2 aliphatic rings. The minimum absolute atomic E-state index is 0.130. The lowest BCUT2D eigenvalue weighted by molar-refractivity contribution is -0.113. The van der Waals surface area contributed by atoms with E-state index in [9.17, 15) is 10.1 Å². The molecule has 3 heterocycles. The third kappa shape index (κ3) is 4.57. The van der Waals surface area contributed by atoms with Crippen LogP contribution in [0.15, 0.2) is 29.4 Å². The van der Waals surface area contributed by atoms with Crippen LogP contribution >= 0.6 is 23.1 Å². The zero-order valence-corrected chi connectivity index (χ0v) is 21.1. The van der Waals surface area contributed by atoms with E-state index in [0.717, 1.165) is 62.4 Å². The highest BCUT2D eigenvalue weighted by Gasteiger charge is 2.26. The predicted octanol–water partition coefficient (Wildman–Crippen LogP) is 4.96. The van der Waals surface area contributed by atoms with Crippen molar-refractivity contribution in [3.8, 4) is 11.8 Å². The summed E-state index contributed by atoms with van der Waals surface area (Å²) < 4.78 is 2.05. The lowest BCUT2D eigenvalue weighted by Gasteiger charge is -2.18. The fourth-order valence-electron chi connectivity index (χ4n) is 4.65. The summed E-state index contributed by atoms with van der Waals surface area (Å²) in [5.74, 6) is 1.52. The van der Waals surface area contributed by atoms with Crippen LogP contribution in [0.4, 0.5) is 10.9 Å². The smallest absolute Gasteiger partial charge is 0.235 e. The first kappa shape index (κ1) is 22.9. The van der Waals surface area contributed by atoms with Gasteiger partial charge in [0, 0.05) is 18.0 Å². The summed E-state index contributed by atoms with van der Waals surface area (Å²) in [6.07, 6.45) is 5.29. The zero-order chi connectivity index (χ0) is 23.7. The van der Waals surface area contributed by atoms with Crippen LogP contribution in [-0.4, -0.2) is 39.5 Å². The second-order valence-corrected chi connectivity index (χ2v) is 11.2. The van der Waals surface area contributed by atoms with E-state index in [1.54, 1.807) is 11.3 Å². The van der Waals surface area contributed by atoms with Crippen molar-refractivity contribution in [2.24, 2.45) is 5.92 Å². The minimum Gasteiger partial charge on any atom is -0.341 e. The molecule has 1 aliphatic heterocycles. The first-order chi connectivity index (χ1) is 16.5. The van der Waals surface area contributed by atoms with Crippen molar-refractivity contribution >= 4 is 40.0 Å². The number of fused-ring (bicyclic) bond motifs is 1. The lowest BCUT2D eigenvalue weighted by atomic mass is 9.89. The van der Waals surface area contributed by atoms with Crippen LogP contribution in [0, 0.1) is 24.2 Å². The Morgan fingerprint density at radius 2 is 2.03 bits per heavy atom. The molecule has 7 nitrogen and oxygen atoms in total. The first-order valence-electron chi connectivity index (χ1n) is 11.8. The number of carbonyl (C=O) groups excluding carboxylic acids is 1. The van der Waals surface area contributed by atoms with Crippen LogP contribution in [0.25, 0.3) is 5.69 Å².